The number of methoxy groups -OCH3 is 1. The average Bonchev–Trinajstić information content (AvgIpc) is 2.83. The molecule has 1 N–H and O–H groups in total. The van der Waals surface area contributed by atoms with E-state index in [4.69, 9.17) is 9.47 Å². The molecule has 4 rings (SSSR count). The lowest BCUT2D eigenvalue weighted by Crippen LogP contribution is -2.45. The fourth-order valence-electron chi connectivity index (χ4n) is 4.52. The third-order valence-corrected chi connectivity index (χ3v) is 8.01. The van der Waals surface area contributed by atoms with E-state index in [0.29, 0.717) is 23.4 Å². The van der Waals surface area contributed by atoms with Crippen LogP contribution < -0.4 is 19.1 Å². The van der Waals surface area contributed by atoms with Crippen molar-refractivity contribution in [3.8, 4) is 11.5 Å². The maximum absolute atomic E-state index is 13.7. The number of amides is 1. The topological polar surface area (TPSA) is 84.9 Å². The molecule has 0 bridgehead atoms. The van der Waals surface area contributed by atoms with Gasteiger partial charge >= 0.3 is 0 Å². The van der Waals surface area contributed by atoms with Gasteiger partial charge in [-0.3, -0.25) is 9.10 Å². The van der Waals surface area contributed by atoms with Crippen molar-refractivity contribution in [3.63, 3.8) is 0 Å². The van der Waals surface area contributed by atoms with E-state index in [1.165, 1.54) is 13.2 Å². The number of ether oxygens (including phenoxy) is 2. The molecule has 1 aliphatic rings. The van der Waals surface area contributed by atoms with Crippen LogP contribution in [-0.4, -0.2) is 33.6 Å². The zero-order valence-electron chi connectivity index (χ0n) is 21.2. The molecular weight excluding hydrogens is 476 g/mol. The van der Waals surface area contributed by atoms with Crippen LogP contribution in [0.1, 0.15) is 43.0 Å². The van der Waals surface area contributed by atoms with Crippen molar-refractivity contribution >= 4 is 21.6 Å². The highest BCUT2D eigenvalue weighted by Crippen LogP contribution is 2.40. The first-order valence-electron chi connectivity index (χ1n) is 11.8. The summed E-state index contributed by atoms with van der Waals surface area (Å²) in [5, 5.41) is 3.07. The number of benzene rings is 3. The molecule has 7 nitrogen and oxygen atoms in total. The van der Waals surface area contributed by atoms with Crippen molar-refractivity contribution in [2.75, 3.05) is 18.0 Å². The zero-order chi connectivity index (χ0) is 26.1. The maximum atomic E-state index is 13.7. The van der Waals surface area contributed by atoms with E-state index in [2.05, 4.69) is 5.32 Å². The first kappa shape index (κ1) is 25.6. The smallest absolute Gasteiger partial charge is 0.264 e. The van der Waals surface area contributed by atoms with Crippen LogP contribution in [0.5, 0.6) is 11.5 Å². The van der Waals surface area contributed by atoms with Gasteiger partial charge in [0.05, 0.1) is 23.7 Å². The lowest BCUT2D eigenvalue weighted by molar-refractivity contribution is -0.120. The first-order chi connectivity index (χ1) is 17.0. The predicted octanol–water partition coefficient (Wildman–Crippen LogP) is 4.93. The molecule has 1 unspecified atom stereocenters. The minimum atomic E-state index is -4.04. The molecule has 1 amide bonds. The van der Waals surface area contributed by atoms with E-state index in [1.807, 2.05) is 39.0 Å². The second-order valence-corrected chi connectivity index (χ2v) is 11.6. The van der Waals surface area contributed by atoms with Crippen LogP contribution in [0.2, 0.25) is 0 Å². The fraction of sp³-hybridized carbons (Fsp3) is 0.321. The monoisotopic (exact) mass is 508 g/mol. The summed E-state index contributed by atoms with van der Waals surface area (Å²) in [5.74, 6) is 0.917. The summed E-state index contributed by atoms with van der Waals surface area (Å²) in [6.07, 6.45) is 0.560. The Hall–Kier alpha value is -3.52. The molecule has 8 heteroatoms. The highest BCUT2D eigenvalue weighted by Gasteiger charge is 2.35. The molecule has 0 saturated carbocycles. The second kappa shape index (κ2) is 9.85. The van der Waals surface area contributed by atoms with E-state index >= 15 is 0 Å². The number of hydrogen-bond acceptors (Lipinski definition) is 5. The van der Waals surface area contributed by atoms with Crippen molar-refractivity contribution in [2.24, 2.45) is 0 Å². The highest BCUT2D eigenvalue weighted by atomic mass is 32.2. The van der Waals surface area contributed by atoms with Crippen molar-refractivity contribution in [2.45, 2.75) is 50.7 Å². The molecule has 36 heavy (non-hydrogen) atoms. The molecule has 1 aliphatic heterocycles. The highest BCUT2D eigenvalue weighted by molar-refractivity contribution is 7.92. The zero-order valence-corrected chi connectivity index (χ0v) is 22.1. The Balaban J connectivity index is 1.65. The third kappa shape index (κ3) is 5.33. The van der Waals surface area contributed by atoms with Crippen molar-refractivity contribution < 1.29 is 22.7 Å². The number of sulfonamides is 1. The van der Waals surface area contributed by atoms with Crippen molar-refractivity contribution in [1.29, 1.82) is 0 Å². The van der Waals surface area contributed by atoms with Crippen LogP contribution in [0, 0.1) is 13.8 Å². The van der Waals surface area contributed by atoms with E-state index in [-0.39, 0.29) is 17.5 Å². The van der Waals surface area contributed by atoms with Gasteiger partial charge in [0.15, 0.2) is 0 Å². The summed E-state index contributed by atoms with van der Waals surface area (Å²) in [7, 11) is -2.50. The Morgan fingerprint density at radius 2 is 1.81 bits per heavy atom. The van der Waals surface area contributed by atoms with Crippen LogP contribution in [0.3, 0.4) is 0 Å². The first-order valence-corrected chi connectivity index (χ1v) is 13.3. The van der Waals surface area contributed by atoms with Gasteiger partial charge in [0, 0.05) is 12.0 Å². The Kier molecular flexibility index (Phi) is 7.00. The minimum absolute atomic E-state index is 0.0885. The number of aryl methyl sites for hydroxylation is 2. The van der Waals surface area contributed by atoms with E-state index in [0.717, 1.165) is 21.2 Å². The molecule has 0 saturated heterocycles. The summed E-state index contributed by atoms with van der Waals surface area (Å²) in [5.41, 5.74) is 2.56. The fourth-order valence-corrected chi connectivity index (χ4v) is 6.03. The van der Waals surface area contributed by atoms with Gasteiger partial charge in [-0.1, -0.05) is 35.9 Å². The standard InChI is InChI=1S/C28H32N2O5S/c1-19-11-13-26-23(15-19)24(17-28(3,4)35-26)29-27(31)18-30(21-9-7-6-8-10-21)36(32,33)22-12-14-25(34-5)20(2)16-22/h6-16,24H,17-18H2,1-5H3,(H,29,31). The van der Waals surface area contributed by atoms with E-state index in [1.54, 1.807) is 49.4 Å². The number of fused-ring (bicyclic) bond motifs is 1. The Bertz CT molecular complexity index is 1370. The number of anilines is 1. The molecule has 0 spiro atoms. The molecule has 0 aromatic heterocycles. The van der Waals surface area contributed by atoms with Gasteiger partial charge in [-0.15, -0.1) is 0 Å². The summed E-state index contributed by atoms with van der Waals surface area (Å²) in [6.45, 7) is 7.35. The van der Waals surface area contributed by atoms with Crippen LogP contribution in [0.15, 0.2) is 71.6 Å². The van der Waals surface area contributed by atoms with Gasteiger partial charge in [-0.25, -0.2) is 8.42 Å². The van der Waals surface area contributed by atoms with Crippen molar-refractivity contribution in [3.05, 3.63) is 83.4 Å². The van der Waals surface area contributed by atoms with Gasteiger partial charge in [-0.2, -0.15) is 0 Å². The molecule has 0 radical (unpaired) electrons. The second-order valence-electron chi connectivity index (χ2n) is 9.71. The van der Waals surface area contributed by atoms with Gasteiger partial charge in [0.1, 0.15) is 23.6 Å². The van der Waals surface area contributed by atoms with Crippen LogP contribution in [-0.2, 0) is 14.8 Å². The number of hydrogen-bond donors (Lipinski definition) is 1. The lowest BCUT2D eigenvalue weighted by Gasteiger charge is -2.38. The van der Waals surface area contributed by atoms with Gasteiger partial charge < -0.3 is 14.8 Å². The molecule has 190 valence electrons. The van der Waals surface area contributed by atoms with Gasteiger partial charge in [0.2, 0.25) is 5.91 Å². The van der Waals surface area contributed by atoms with E-state index in [9.17, 15) is 13.2 Å². The summed E-state index contributed by atoms with van der Waals surface area (Å²) in [4.78, 5) is 13.5. The lowest BCUT2D eigenvalue weighted by atomic mass is 9.89. The van der Waals surface area contributed by atoms with Crippen LogP contribution >= 0.6 is 0 Å². The van der Waals surface area contributed by atoms with Crippen LogP contribution in [0.4, 0.5) is 5.69 Å². The number of carbonyl (C=O) groups is 1. The molecule has 0 fully saturated rings. The van der Waals surface area contributed by atoms with Gasteiger partial charge in [-0.05, 0) is 69.7 Å². The average molecular weight is 509 g/mol. The Labute approximate surface area is 213 Å². The summed E-state index contributed by atoms with van der Waals surface area (Å²) >= 11 is 0. The summed E-state index contributed by atoms with van der Waals surface area (Å²) in [6, 6.07) is 18.9. The van der Waals surface area contributed by atoms with Crippen LogP contribution in [0.25, 0.3) is 0 Å². The third-order valence-electron chi connectivity index (χ3n) is 6.24. The SMILES string of the molecule is COc1ccc(S(=O)(=O)N(CC(=O)NC2CC(C)(C)Oc3ccc(C)cc32)c2ccccc2)cc1C. The largest absolute Gasteiger partial charge is 0.496 e. The molecule has 3 aromatic rings. The minimum Gasteiger partial charge on any atom is -0.496 e. The molecule has 1 heterocycles. The maximum Gasteiger partial charge on any atom is 0.264 e. The predicted molar refractivity (Wildman–Crippen MR) is 140 cm³/mol. The normalized spacial score (nSPS) is 16.4. The number of nitrogens with zero attached hydrogens (tertiary/aromatic N) is 1. The number of nitrogens with one attached hydrogen (secondary N) is 1. The molecular formula is C28H32N2O5S. The Morgan fingerprint density at radius 3 is 2.47 bits per heavy atom. The number of carbonyl (C=O) groups excluding carboxylic acids is 1. The number of para-hydroxylation sites is 1. The van der Waals surface area contributed by atoms with Gasteiger partial charge in [0.25, 0.3) is 10.0 Å². The summed E-state index contributed by atoms with van der Waals surface area (Å²) < 4.78 is 40.0. The molecule has 3 aromatic carbocycles. The molecule has 0 aliphatic carbocycles. The molecule has 1 atom stereocenters. The Morgan fingerprint density at radius 1 is 1.08 bits per heavy atom. The number of rotatable bonds is 7. The van der Waals surface area contributed by atoms with E-state index < -0.39 is 21.5 Å². The van der Waals surface area contributed by atoms with Crippen molar-refractivity contribution in [1.82, 2.24) is 5.32 Å². The quantitative estimate of drug-likeness (QED) is 0.489.